The van der Waals surface area contributed by atoms with Gasteiger partial charge in [0.1, 0.15) is 78.0 Å². The minimum Gasteiger partial charge on any atom is -0.394 e. The Morgan fingerprint density at radius 2 is 1.10 bits per heavy atom. The number of rotatable bonds is 16. The summed E-state index contributed by atoms with van der Waals surface area (Å²) < 4.78 is 86.9. The molecule has 5 heterocycles. The van der Waals surface area contributed by atoms with Gasteiger partial charge >= 0.3 is 0 Å². The summed E-state index contributed by atoms with van der Waals surface area (Å²) >= 11 is 0. The molecule has 9 N–H and O–H groups in total. The molecule has 8 fully saturated rings. The second kappa shape index (κ2) is 24.1. The maximum Gasteiger partial charge on any atom is 0.187 e. The van der Waals surface area contributed by atoms with Crippen LogP contribution >= 0.6 is 0 Å². The van der Waals surface area contributed by atoms with Crippen LogP contribution < -0.4 is 0 Å². The molecule has 454 valence electrons. The third-order valence-corrected chi connectivity index (χ3v) is 20.1. The van der Waals surface area contributed by atoms with E-state index in [1.54, 1.807) is 35.0 Å². The van der Waals surface area contributed by atoms with Gasteiger partial charge in [0.05, 0.1) is 67.6 Å². The van der Waals surface area contributed by atoms with Gasteiger partial charge in [-0.05, 0) is 78.6 Å². The van der Waals surface area contributed by atoms with Crippen molar-refractivity contribution in [3.05, 3.63) is 11.6 Å². The highest BCUT2D eigenvalue weighted by atomic mass is 16.8. The lowest BCUT2D eigenvalue weighted by molar-refractivity contribution is -0.374. The average molecular weight is 1140 g/mol. The summed E-state index contributed by atoms with van der Waals surface area (Å²) in [7, 11) is 6.11. The number of Topliss-reactive ketones (excluding diaryl/α,β-unsaturated/α-hetero) is 1. The van der Waals surface area contributed by atoms with Crippen LogP contribution in [0, 0.1) is 22.7 Å². The highest BCUT2D eigenvalue weighted by molar-refractivity contribution is 5.80. The second-order valence-corrected chi connectivity index (χ2v) is 24.4. The largest absolute Gasteiger partial charge is 0.394 e. The van der Waals surface area contributed by atoms with Crippen molar-refractivity contribution in [2.24, 2.45) is 22.7 Å². The number of aliphatic hydroxyl groups excluding tert-OH is 7. The van der Waals surface area contributed by atoms with Crippen LogP contribution in [0.4, 0.5) is 0 Å². The highest BCUT2D eigenvalue weighted by Crippen LogP contribution is 2.69. The maximum atomic E-state index is 12.8. The summed E-state index contributed by atoms with van der Waals surface area (Å²) in [6.45, 7) is 11.7. The van der Waals surface area contributed by atoms with Crippen LogP contribution in [0.2, 0.25) is 0 Å². The zero-order valence-corrected chi connectivity index (χ0v) is 47.4. The number of ketones is 1. The van der Waals surface area contributed by atoms with Crippen LogP contribution in [0.3, 0.4) is 0 Å². The molecule has 9 aliphatic rings. The van der Waals surface area contributed by atoms with Crippen LogP contribution in [0.1, 0.15) is 106 Å². The molecule has 4 aliphatic carbocycles. The van der Waals surface area contributed by atoms with Crippen molar-refractivity contribution in [2.45, 2.75) is 271 Å². The molecule has 3 saturated carbocycles. The minimum atomic E-state index is -2.09. The Morgan fingerprint density at radius 3 is 1.62 bits per heavy atom. The monoisotopic (exact) mass is 1130 g/mol. The summed E-state index contributed by atoms with van der Waals surface area (Å²) in [5.41, 5.74) is -4.82. The Morgan fingerprint density at radius 1 is 0.595 bits per heavy atom. The first-order valence-electron chi connectivity index (χ1n) is 28.3. The number of hydrogen-bond donors (Lipinski definition) is 9. The third-order valence-electron chi connectivity index (χ3n) is 20.1. The number of aliphatic hydroxyl groups is 9. The van der Waals surface area contributed by atoms with E-state index in [1.807, 2.05) is 19.9 Å². The molecule has 79 heavy (non-hydrogen) atoms. The molecule has 31 atom stereocenters. The number of carbonyl (C=O) groups excluding carboxylic acids is 1. The van der Waals surface area contributed by atoms with Crippen LogP contribution in [-0.2, 0) is 71.1 Å². The minimum absolute atomic E-state index is 0.0253. The molecule has 5 saturated heterocycles. The molecule has 0 bridgehead atoms. The fraction of sp³-hybridized carbons (Fsp3) is 0.945. The van der Waals surface area contributed by atoms with Crippen LogP contribution in [0.15, 0.2) is 11.6 Å². The van der Waals surface area contributed by atoms with E-state index in [0.717, 1.165) is 5.57 Å². The smallest absolute Gasteiger partial charge is 0.187 e. The van der Waals surface area contributed by atoms with E-state index in [1.165, 1.54) is 21.1 Å². The summed E-state index contributed by atoms with van der Waals surface area (Å²) in [5.74, 6) is -1.60. The lowest BCUT2D eigenvalue weighted by atomic mass is 9.42. The Balaban J connectivity index is 0.766. The van der Waals surface area contributed by atoms with Crippen molar-refractivity contribution in [1.82, 2.24) is 0 Å². The van der Waals surface area contributed by atoms with Gasteiger partial charge in [0, 0.05) is 65.0 Å². The second-order valence-electron chi connectivity index (χ2n) is 24.4. The van der Waals surface area contributed by atoms with Gasteiger partial charge in [0.2, 0.25) is 0 Å². The van der Waals surface area contributed by atoms with Crippen LogP contribution in [-0.4, -0.2) is 252 Å². The van der Waals surface area contributed by atoms with Gasteiger partial charge < -0.3 is 112 Å². The third kappa shape index (κ3) is 10.8. The predicted molar refractivity (Wildman–Crippen MR) is 270 cm³/mol. The van der Waals surface area contributed by atoms with Gasteiger partial charge in [-0.15, -0.1) is 0 Å². The zero-order chi connectivity index (χ0) is 57.4. The molecule has 24 heteroatoms. The lowest BCUT2D eigenvalue weighted by Gasteiger charge is -2.66. The van der Waals surface area contributed by atoms with E-state index in [0.29, 0.717) is 32.1 Å². The molecule has 0 aromatic rings. The molecule has 0 unspecified atom stereocenters. The van der Waals surface area contributed by atoms with Gasteiger partial charge in [0.25, 0.3) is 0 Å². The lowest BCUT2D eigenvalue weighted by Crippen LogP contribution is -2.78. The van der Waals surface area contributed by atoms with Gasteiger partial charge in [-0.2, -0.15) is 0 Å². The summed E-state index contributed by atoms with van der Waals surface area (Å²) in [4.78, 5) is 12.8. The quantitative estimate of drug-likeness (QED) is 0.0890. The molecule has 5 aliphatic heterocycles. The maximum absolute atomic E-state index is 12.8. The molecule has 0 radical (unpaired) electrons. The van der Waals surface area contributed by atoms with Crippen LogP contribution in [0.5, 0.6) is 0 Å². The molecule has 0 amide bonds. The fourth-order valence-corrected chi connectivity index (χ4v) is 15.6. The van der Waals surface area contributed by atoms with E-state index in [9.17, 15) is 50.8 Å². The standard InChI is InChI=1S/C55H90O24/c1-23(57)30-17-37(59)55(65)53(30,7)36(58)21-35-52(6)14-13-29(16-28(52)12-15-54(35,55)64)74-38-18-31(66-8)45(24(2)70-38)76-39-19-32(67-9)46(25(3)71-39)77-40-20-33(68-10)47(26(4)72-40)78-51-44(63)49(69-11)48(27(5)73-51)79-50-43(62)42(61)41(60)34(22-56)75-50/h12,24-27,29-51,56,58-65H,13-22H2,1-11H3/t24-,25-,26-,27-,29+,30+,31+,32+,33-,34-,35-,36-,37-,38+,39+,40+,41-,42+,43-,44-,45-,46-,47-,48-,49-,50+,51+,52+,53+,54+,55-/m1/s1. The first-order valence-corrected chi connectivity index (χ1v) is 28.3. The first kappa shape index (κ1) is 62.0. The summed E-state index contributed by atoms with van der Waals surface area (Å²) in [6, 6.07) is 0. The predicted octanol–water partition coefficient (Wildman–Crippen LogP) is -0.378. The van der Waals surface area contributed by atoms with E-state index < -0.39 is 188 Å². The normalized spacial score (nSPS) is 54.1. The van der Waals surface area contributed by atoms with E-state index in [-0.39, 0.29) is 37.6 Å². The van der Waals surface area contributed by atoms with Crippen molar-refractivity contribution in [3.8, 4) is 0 Å². The number of methoxy groups -OCH3 is 4. The van der Waals surface area contributed by atoms with Crippen molar-refractivity contribution in [3.63, 3.8) is 0 Å². The molecule has 9 rings (SSSR count). The molecular formula is C55H90O24. The number of carbonyl (C=O) groups is 1. The highest BCUT2D eigenvalue weighted by Gasteiger charge is 2.79. The van der Waals surface area contributed by atoms with E-state index in [4.69, 9.17) is 66.3 Å². The SMILES string of the molecule is CO[C@@H]1[C@@H](O)[C@H](O[C@@H]2[C@@H](C)O[C@@H](O[C@H]3[C@@H](OC)C[C@H](O[C@H]4[C@@H](OC)C[C@H](O[C@H]5CC[C@@]6(C)C(=CC[C@]7(O)[C@@H]6C[C@@H](O)[C@]6(C)[C@H](C(C)=O)C[C@@H](O)[C@@]67O)C5)O[C@@H]4C)O[C@@H]3C)C[C@H]2OC)O[C@H](C)[C@H]1O[C@@H]1O[C@H](CO)[C@@H](O)[C@H](O)[C@H]1O. The molecule has 0 aromatic carbocycles. The Bertz CT molecular complexity index is 2110. The number of fused-ring (bicyclic) bond motifs is 5. The topological polar surface area (TPSA) is 328 Å². The van der Waals surface area contributed by atoms with Gasteiger partial charge in [-0.3, -0.25) is 4.79 Å². The van der Waals surface area contributed by atoms with Crippen molar-refractivity contribution >= 4 is 5.78 Å². The molecule has 24 nitrogen and oxygen atoms in total. The van der Waals surface area contributed by atoms with Gasteiger partial charge in [-0.25, -0.2) is 0 Å². The van der Waals surface area contributed by atoms with E-state index in [2.05, 4.69) is 6.92 Å². The first-order chi connectivity index (χ1) is 37.3. The van der Waals surface area contributed by atoms with Gasteiger partial charge in [-0.1, -0.05) is 25.5 Å². The van der Waals surface area contributed by atoms with Gasteiger partial charge in [0.15, 0.2) is 31.5 Å². The number of ether oxygens (including phenoxy) is 14. The van der Waals surface area contributed by atoms with Crippen molar-refractivity contribution in [1.29, 1.82) is 0 Å². The van der Waals surface area contributed by atoms with Crippen molar-refractivity contribution < 1.29 is 117 Å². The molecular weight excluding hydrogens is 1040 g/mol. The van der Waals surface area contributed by atoms with Crippen LogP contribution in [0.25, 0.3) is 0 Å². The van der Waals surface area contributed by atoms with Crippen molar-refractivity contribution in [2.75, 3.05) is 35.0 Å². The number of hydrogen-bond acceptors (Lipinski definition) is 24. The Labute approximate surface area is 462 Å². The zero-order valence-electron chi connectivity index (χ0n) is 47.4. The Kier molecular flexibility index (Phi) is 18.9. The summed E-state index contributed by atoms with van der Waals surface area (Å²) in [5, 5.41) is 101. The fourth-order valence-electron chi connectivity index (χ4n) is 15.6. The Hall–Kier alpha value is -1.51. The molecule has 0 aromatic heterocycles. The average Bonchev–Trinajstić information content (AvgIpc) is 2.69. The molecule has 0 spiro atoms. The van der Waals surface area contributed by atoms with E-state index >= 15 is 0 Å². The summed E-state index contributed by atoms with van der Waals surface area (Å²) in [6.07, 6.45) is -18.3.